The van der Waals surface area contributed by atoms with Crippen molar-refractivity contribution in [2.45, 2.75) is 4.90 Å². The molecule has 3 heterocycles. The van der Waals surface area contributed by atoms with E-state index in [9.17, 15) is 18.0 Å². The predicted octanol–water partition coefficient (Wildman–Crippen LogP) is 0.165. The summed E-state index contributed by atoms with van der Waals surface area (Å²) >= 11 is 0. The molecule has 10 heteroatoms. The second-order valence-corrected chi connectivity index (χ2v) is 9.12. The third kappa shape index (κ3) is 4.14. The third-order valence-corrected chi connectivity index (χ3v) is 7.10. The molecule has 0 unspecified atom stereocenters. The van der Waals surface area contributed by atoms with Gasteiger partial charge in [0, 0.05) is 51.0 Å². The van der Waals surface area contributed by atoms with Crippen LogP contribution in [-0.2, 0) is 14.8 Å². The van der Waals surface area contributed by atoms with Gasteiger partial charge in [-0.25, -0.2) is 13.4 Å². The Kier molecular flexibility index (Phi) is 5.69. The Hall–Kier alpha value is -2.98. The summed E-state index contributed by atoms with van der Waals surface area (Å²) in [5.41, 5.74) is 0.323. The maximum absolute atomic E-state index is 13.0. The highest BCUT2D eigenvalue weighted by Gasteiger charge is 2.30. The Bertz CT molecular complexity index is 1040. The smallest absolute Gasteiger partial charge is 0.254 e. The van der Waals surface area contributed by atoms with Crippen molar-refractivity contribution < 1.29 is 18.0 Å². The van der Waals surface area contributed by atoms with Crippen LogP contribution in [0.2, 0.25) is 0 Å². The molecule has 9 nitrogen and oxygen atoms in total. The van der Waals surface area contributed by atoms with Crippen LogP contribution in [0.4, 0.5) is 5.82 Å². The number of carbonyl (C=O) groups is 2. The van der Waals surface area contributed by atoms with Crippen molar-refractivity contribution in [3.8, 4) is 0 Å². The molecule has 0 atom stereocenters. The van der Waals surface area contributed by atoms with Crippen LogP contribution in [0.15, 0.2) is 53.6 Å². The van der Waals surface area contributed by atoms with Crippen LogP contribution in [0.3, 0.4) is 0 Å². The molecule has 2 aliphatic heterocycles. The van der Waals surface area contributed by atoms with Crippen molar-refractivity contribution in [3.63, 3.8) is 0 Å². The average Bonchev–Trinajstić information content (AvgIpc) is 2.79. The van der Waals surface area contributed by atoms with Crippen molar-refractivity contribution >= 4 is 27.7 Å². The Labute approximate surface area is 175 Å². The summed E-state index contributed by atoms with van der Waals surface area (Å²) in [5.74, 6) is 0.343. The molecule has 30 heavy (non-hydrogen) atoms. The number of piperazine rings is 2. The standard InChI is InChI=1S/C20H23N5O4S/c26-19-15-25(9-8-22-19)30(28,29)17-5-3-4-16(14-17)20(27)24-12-10-23(11-13-24)18-6-1-2-7-21-18/h1-7,14H,8-13,15H2,(H,22,26). The minimum Gasteiger partial charge on any atom is -0.354 e. The van der Waals surface area contributed by atoms with E-state index in [1.807, 2.05) is 18.2 Å². The summed E-state index contributed by atoms with van der Waals surface area (Å²) in [6.07, 6.45) is 1.74. The van der Waals surface area contributed by atoms with Gasteiger partial charge < -0.3 is 15.1 Å². The molecule has 2 fully saturated rings. The van der Waals surface area contributed by atoms with Gasteiger partial charge in [0.25, 0.3) is 5.91 Å². The maximum Gasteiger partial charge on any atom is 0.254 e. The van der Waals surface area contributed by atoms with Crippen LogP contribution in [0.1, 0.15) is 10.4 Å². The van der Waals surface area contributed by atoms with Crippen molar-refractivity contribution in [3.05, 3.63) is 54.2 Å². The van der Waals surface area contributed by atoms with E-state index in [2.05, 4.69) is 15.2 Å². The number of rotatable bonds is 4. The number of hydrogen-bond donors (Lipinski definition) is 1. The first kappa shape index (κ1) is 20.3. The number of aromatic nitrogens is 1. The zero-order valence-electron chi connectivity index (χ0n) is 16.4. The zero-order valence-corrected chi connectivity index (χ0v) is 17.2. The van der Waals surface area contributed by atoms with E-state index in [4.69, 9.17) is 0 Å². The molecule has 4 rings (SSSR count). The minimum absolute atomic E-state index is 0.0233. The van der Waals surface area contributed by atoms with Crippen molar-refractivity contribution in [1.29, 1.82) is 0 Å². The zero-order chi connectivity index (χ0) is 21.1. The fourth-order valence-corrected chi connectivity index (χ4v) is 5.06. The van der Waals surface area contributed by atoms with Crippen LogP contribution in [0, 0.1) is 0 Å². The highest BCUT2D eigenvalue weighted by atomic mass is 32.2. The maximum atomic E-state index is 13.0. The first-order valence-electron chi connectivity index (χ1n) is 9.77. The van der Waals surface area contributed by atoms with E-state index in [-0.39, 0.29) is 36.3 Å². The number of sulfonamides is 1. The molecule has 2 aromatic rings. The monoisotopic (exact) mass is 429 g/mol. The lowest BCUT2D eigenvalue weighted by atomic mass is 10.2. The van der Waals surface area contributed by atoms with Gasteiger partial charge in [-0.1, -0.05) is 12.1 Å². The number of benzene rings is 1. The SMILES string of the molecule is O=C1CN(S(=O)(=O)c2cccc(C(=O)N3CCN(c4ccccn4)CC3)c2)CCN1. The molecule has 1 aromatic carbocycles. The van der Waals surface area contributed by atoms with Gasteiger partial charge in [0.05, 0.1) is 11.4 Å². The van der Waals surface area contributed by atoms with Crippen LogP contribution < -0.4 is 10.2 Å². The number of amides is 2. The number of anilines is 1. The Balaban J connectivity index is 1.46. The Morgan fingerprint density at radius 3 is 2.50 bits per heavy atom. The Morgan fingerprint density at radius 2 is 1.80 bits per heavy atom. The molecule has 2 amide bonds. The summed E-state index contributed by atoms with van der Waals surface area (Å²) < 4.78 is 26.9. The van der Waals surface area contributed by atoms with Gasteiger partial charge in [-0.15, -0.1) is 0 Å². The first-order chi connectivity index (χ1) is 14.4. The van der Waals surface area contributed by atoms with Gasteiger partial charge in [-0.2, -0.15) is 4.31 Å². The van der Waals surface area contributed by atoms with E-state index < -0.39 is 10.0 Å². The normalized spacial score (nSPS) is 18.2. The first-order valence-corrected chi connectivity index (χ1v) is 11.2. The van der Waals surface area contributed by atoms with E-state index in [1.165, 1.54) is 12.1 Å². The second-order valence-electron chi connectivity index (χ2n) is 7.18. The van der Waals surface area contributed by atoms with Crippen LogP contribution in [0.5, 0.6) is 0 Å². The highest BCUT2D eigenvalue weighted by molar-refractivity contribution is 7.89. The lowest BCUT2D eigenvalue weighted by Gasteiger charge is -2.35. The largest absolute Gasteiger partial charge is 0.354 e. The second kappa shape index (κ2) is 8.41. The van der Waals surface area contributed by atoms with E-state index in [0.717, 1.165) is 10.1 Å². The number of hydrogen-bond acceptors (Lipinski definition) is 6. The molecular formula is C20H23N5O4S. The van der Waals surface area contributed by atoms with E-state index in [0.29, 0.717) is 31.7 Å². The molecule has 0 aliphatic carbocycles. The van der Waals surface area contributed by atoms with Gasteiger partial charge >= 0.3 is 0 Å². The van der Waals surface area contributed by atoms with Gasteiger partial charge in [0.2, 0.25) is 15.9 Å². The van der Waals surface area contributed by atoms with E-state index in [1.54, 1.807) is 23.2 Å². The van der Waals surface area contributed by atoms with Crippen molar-refractivity contribution in [2.75, 3.05) is 50.7 Å². The van der Waals surface area contributed by atoms with Crippen molar-refractivity contribution in [2.24, 2.45) is 0 Å². The quantitative estimate of drug-likeness (QED) is 0.743. The fraction of sp³-hybridized carbons (Fsp3) is 0.350. The molecule has 0 bridgehead atoms. The van der Waals surface area contributed by atoms with Gasteiger partial charge in [0.15, 0.2) is 0 Å². The number of pyridine rings is 1. The lowest BCUT2D eigenvalue weighted by molar-refractivity contribution is -0.122. The van der Waals surface area contributed by atoms with Gasteiger partial charge in [0.1, 0.15) is 5.82 Å². The number of nitrogens with one attached hydrogen (secondary N) is 1. The summed E-state index contributed by atoms with van der Waals surface area (Å²) in [4.78, 5) is 32.7. The molecular weight excluding hydrogens is 406 g/mol. The number of nitrogens with zero attached hydrogens (tertiary/aromatic N) is 4. The van der Waals surface area contributed by atoms with Gasteiger partial charge in [-0.05, 0) is 30.3 Å². The predicted molar refractivity (Wildman–Crippen MR) is 111 cm³/mol. The third-order valence-electron chi connectivity index (χ3n) is 5.26. The molecule has 1 N–H and O–H groups in total. The fourth-order valence-electron chi connectivity index (χ4n) is 3.62. The average molecular weight is 430 g/mol. The van der Waals surface area contributed by atoms with Crippen LogP contribution in [-0.4, -0.2) is 80.2 Å². The summed E-state index contributed by atoms with van der Waals surface area (Å²) in [7, 11) is -3.84. The highest BCUT2D eigenvalue weighted by Crippen LogP contribution is 2.20. The van der Waals surface area contributed by atoms with Crippen molar-refractivity contribution in [1.82, 2.24) is 19.5 Å². The Morgan fingerprint density at radius 1 is 1.00 bits per heavy atom. The van der Waals surface area contributed by atoms with Crippen LogP contribution in [0.25, 0.3) is 0 Å². The molecule has 0 spiro atoms. The topological polar surface area (TPSA) is 103 Å². The van der Waals surface area contributed by atoms with Crippen LogP contribution >= 0.6 is 0 Å². The summed E-state index contributed by atoms with van der Waals surface area (Å²) in [6.45, 7) is 2.64. The molecule has 1 aromatic heterocycles. The molecule has 0 saturated carbocycles. The number of carbonyl (C=O) groups excluding carboxylic acids is 2. The molecule has 2 aliphatic rings. The summed E-state index contributed by atoms with van der Waals surface area (Å²) in [5, 5.41) is 2.61. The minimum atomic E-state index is -3.84. The molecule has 2 saturated heterocycles. The molecule has 158 valence electrons. The lowest BCUT2D eigenvalue weighted by Crippen LogP contribution is -2.50. The molecule has 0 radical (unpaired) electrons. The van der Waals surface area contributed by atoms with Gasteiger partial charge in [-0.3, -0.25) is 9.59 Å². The summed E-state index contributed by atoms with van der Waals surface area (Å²) in [6, 6.07) is 11.8. The van der Waals surface area contributed by atoms with E-state index >= 15 is 0 Å².